The zero-order valence-corrected chi connectivity index (χ0v) is 25.4. The number of aromatic nitrogens is 5. The fourth-order valence-electron chi connectivity index (χ4n) is 4.88. The fourth-order valence-corrected chi connectivity index (χ4v) is 6.10. The van der Waals surface area contributed by atoms with E-state index in [0.717, 1.165) is 4.57 Å². The molecule has 0 aliphatic heterocycles. The number of ether oxygens (including phenoxy) is 3. The van der Waals surface area contributed by atoms with E-state index in [2.05, 4.69) is 10.2 Å². The van der Waals surface area contributed by atoms with E-state index in [0.29, 0.717) is 39.7 Å². The number of hydrogen-bond donors (Lipinski definition) is 0. The van der Waals surface area contributed by atoms with Crippen LogP contribution in [0, 0.1) is 18.7 Å². The summed E-state index contributed by atoms with van der Waals surface area (Å²) >= 11 is 1.18. The summed E-state index contributed by atoms with van der Waals surface area (Å²) in [6.07, 6.45) is 2.96. The molecule has 3 aromatic heterocycles. The number of benzene rings is 1. The first-order valence-electron chi connectivity index (χ1n) is 13.7. The second kappa shape index (κ2) is 13.5. The molecule has 226 valence electrons. The number of carbonyl (C=O) groups excluding carboxylic acids is 1. The fraction of sp³-hybridized carbons (Fsp3) is 0.483. The van der Waals surface area contributed by atoms with Crippen molar-refractivity contribution in [2.75, 3.05) is 27.4 Å². The standard InChI is InChI=1S/C29H36FN5O6S/c1-17(2)14-22(36)19(4)34-26(37)25-18(3)27(35-31-10-11-32-35)42-28(25)33(29(34)38)16-24(41-13-7-12-39-5)21-15-20(30)8-9-23(21)40-6/h8-11,15,17,19,24H,7,12-14,16H2,1-6H3/t19?,24-/m0/s1. The molecule has 0 radical (unpaired) electrons. The maximum Gasteiger partial charge on any atom is 0.332 e. The number of hydrogen-bond acceptors (Lipinski definition) is 9. The molecule has 42 heavy (non-hydrogen) atoms. The summed E-state index contributed by atoms with van der Waals surface area (Å²) in [5.74, 6) is -0.288. The van der Waals surface area contributed by atoms with Crippen LogP contribution in [0.3, 0.4) is 0 Å². The van der Waals surface area contributed by atoms with E-state index in [4.69, 9.17) is 14.2 Å². The second-order valence-corrected chi connectivity index (χ2v) is 11.4. The third-order valence-corrected chi connectivity index (χ3v) is 8.26. The number of halogens is 1. The predicted octanol–water partition coefficient (Wildman–Crippen LogP) is 4.23. The van der Waals surface area contributed by atoms with Crippen LogP contribution in [0.2, 0.25) is 0 Å². The molecular weight excluding hydrogens is 565 g/mol. The van der Waals surface area contributed by atoms with Gasteiger partial charge in [-0.25, -0.2) is 13.8 Å². The van der Waals surface area contributed by atoms with Crippen molar-refractivity contribution in [3.05, 3.63) is 68.4 Å². The lowest BCUT2D eigenvalue weighted by Crippen LogP contribution is -2.44. The Balaban J connectivity index is 1.96. The number of Topliss-reactive ketones (excluding diaryl/α,β-unsaturated/α-hetero) is 1. The Kier molecular flexibility index (Phi) is 10.1. The number of rotatable bonds is 14. The van der Waals surface area contributed by atoms with Crippen molar-refractivity contribution in [3.63, 3.8) is 0 Å². The maximum absolute atomic E-state index is 14.5. The molecule has 0 fully saturated rings. The number of methoxy groups -OCH3 is 2. The zero-order valence-electron chi connectivity index (χ0n) is 24.6. The van der Waals surface area contributed by atoms with Crippen LogP contribution in [0.25, 0.3) is 15.2 Å². The topological polar surface area (TPSA) is 119 Å². The first kappa shape index (κ1) is 31.3. The number of fused-ring (bicyclic) bond motifs is 1. The second-order valence-electron chi connectivity index (χ2n) is 10.4. The van der Waals surface area contributed by atoms with E-state index in [1.807, 2.05) is 13.8 Å². The highest BCUT2D eigenvalue weighted by Gasteiger charge is 2.29. The summed E-state index contributed by atoms with van der Waals surface area (Å²) in [6, 6.07) is 3.09. The molecule has 0 spiro atoms. The summed E-state index contributed by atoms with van der Waals surface area (Å²) in [4.78, 5) is 43.0. The smallest absolute Gasteiger partial charge is 0.332 e. The lowest BCUT2D eigenvalue weighted by molar-refractivity contribution is -0.122. The van der Waals surface area contributed by atoms with Gasteiger partial charge in [0.25, 0.3) is 5.56 Å². The molecule has 1 aromatic carbocycles. The van der Waals surface area contributed by atoms with E-state index in [1.165, 1.54) is 58.4 Å². The molecule has 0 aliphatic rings. The molecule has 2 atom stereocenters. The summed E-state index contributed by atoms with van der Waals surface area (Å²) < 4.78 is 33.8. The molecule has 0 aliphatic carbocycles. The normalized spacial score (nSPS) is 13.1. The molecule has 0 saturated carbocycles. The van der Waals surface area contributed by atoms with Crippen LogP contribution in [0.4, 0.5) is 4.39 Å². The first-order valence-corrected chi connectivity index (χ1v) is 14.5. The zero-order chi connectivity index (χ0) is 30.6. The Hall–Kier alpha value is -3.68. The molecule has 0 N–H and O–H groups in total. The van der Waals surface area contributed by atoms with Gasteiger partial charge >= 0.3 is 5.69 Å². The lowest BCUT2D eigenvalue weighted by Gasteiger charge is -2.23. The summed E-state index contributed by atoms with van der Waals surface area (Å²) in [5.41, 5.74) is -0.259. The van der Waals surface area contributed by atoms with E-state index >= 15 is 0 Å². The van der Waals surface area contributed by atoms with E-state index in [9.17, 15) is 18.8 Å². The van der Waals surface area contributed by atoms with E-state index < -0.39 is 29.2 Å². The van der Waals surface area contributed by atoms with Gasteiger partial charge in [0.15, 0.2) is 5.78 Å². The van der Waals surface area contributed by atoms with Crippen molar-refractivity contribution in [1.29, 1.82) is 0 Å². The Labute approximate surface area is 246 Å². The largest absolute Gasteiger partial charge is 0.496 e. The van der Waals surface area contributed by atoms with Crippen molar-refractivity contribution in [2.45, 2.75) is 59.2 Å². The monoisotopic (exact) mass is 601 g/mol. The highest BCUT2D eigenvalue weighted by molar-refractivity contribution is 7.21. The van der Waals surface area contributed by atoms with Gasteiger partial charge in [-0.15, -0.1) is 4.80 Å². The lowest BCUT2D eigenvalue weighted by atomic mass is 10.0. The number of thiophene rings is 1. The van der Waals surface area contributed by atoms with Gasteiger partial charge in [0.05, 0.1) is 37.5 Å². The van der Waals surface area contributed by atoms with Gasteiger partial charge in [0.1, 0.15) is 27.5 Å². The van der Waals surface area contributed by atoms with Gasteiger partial charge in [0, 0.05) is 37.9 Å². The molecule has 4 rings (SSSR count). The van der Waals surface area contributed by atoms with Crippen LogP contribution >= 0.6 is 11.3 Å². The molecule has 3 heterocycles. The number of ketones is 1. The SMILES string of the molecule is COCCCO[C@@H](Cn1c(=O)n(C(C)C(=O)CC(C)C)c(=O)c2c(C)c(-n3nccn3)sc21)c1cc(F)ccc1OC. The van der Waals surface area contributed by atoms with E-state index in [-0.39, 0.29) is 36.7 Å². The van der Waals surface area contributed by atoms with Crippen molar-refractivity contribution in [2.24, 2.45) is 5.92 Å². The Morgan fingerprint density at radius 3 is 2.45 bits per heavy atom. The average Bonchev–Trinajstić information content (AvgIpc) is 3.60. The van der Waals surface area contributed by atoms with Crippen molar-refractivity contribution >= 4 is 27.3 Å². The third kappa shape index (κ3) is 6.37. The highest BCUT2D eigenvalue weighted by atomic mass is 32.1. The Morgan fingerprint density at radius 1 is 1.10 bits per heavy atom. The van der Waals surface area contributed by atoms with Crippen LogP contribution in [0.5, 0.6) is 5.75 Å². The predicted molar refractivity (Wildman–Crippen MR) is 157 cm³/mol. The Bertz CT molecular complexity index is 1660. The molecule has 0 saturated heterocycles. The summed E-state index contributed by atoms with van der Waals surface area (Å²) in [6.45, 7) is 7.74. The number of aryl methyl sites for hydroxylation is 1. The number of nitrogens with zero attached hydrogens (tertiary/aromatic N) is 5. The van der Waals surface area contributed by atoms with Crippen LogP contribution < -0.4 is 16.0 Å². The molecule has 4 aromatic rings. The van der Waals surface area contributed by atoms with Crippen LogP contribution in [-0.4, -0.2) is 57.3 Å². The minimum atomic E-state index is -1.00. The van der Waals surface area contributed by atoms with Gasteiger partial charge < -0.3 is 14.2 Å². The summed E-state index contributed by atoms with van der Waals surface area (Å²) in [5, 5.41) is 9.26. The number of carbonyl (C=O) groups is 1. The molecule has 1 unspecified atom stereocenters. The molecule has 11 nitrogen and oxygen atoms in total. The van der Waals surface area contributed by atoms with E-state index in [1.54, 1.807) is 21.0 Å². The minimum absolute atomic E-state index is 0.0484. The van der Waals surface area contributed by atoms with Crippen LogP contribution in [0.15, 0.2) is 40.2 Å². The van der Waals surface area contributed by atoms with Crippen LogP contribution in [0.1, 0.15) is 56.9 Å². The van der Waals surface area contributed by atoms with Crippen molar-refractivity contribution in [1.82, 2.24) is 24.1 Å². The highest BCUT2D eigenvalue weighted by Crippen LogP contribution is 2.34. The van der Waals surface area contributed by atoms with Crippen molar-refractivity contribution in [3.8, 4) is 10.8 Å². The molecule has 13 heteroatoms. The van der Waals surface area contributed by atoms with Crippen LogP contribution in [-0.2, 0) is 20.8 Å². The molecule has 0 amide bonds. The molecule has 0 bridgehead atoms. The van der Waals surface area contributed by atoms with Gasteiger partial charge in [0.2, 0.25) is 0 Å². The third-order valence-electron chi connectivity index (χ3n) is 6.98. The maximum atomic E-state index is 14.5. The van der Waals surface area contributed by atoms with Gasteiger partial charge in [-0.05, 0) is 44.4 Å². The van der Waals surface area contributed by atoms with Gasteiger partial charge in [-0.2, -0.15) is 10.2 Å². The summed E-state index contributed by atoms with van der Waals surface area (Å²) in [7, 11) is 3.05. The molecular formula is C29H36FN5O6S. The first-order chi connectivity index (χ1) is 20.1. The Morgan fingerprint density at radius 2 is 1.81 bits per heavy atom. The average molecular weight is 602 g/mol. The van der Waals surface area contributed by atoms with Gasteiger partial charge in [-0.1, -0.05) is 25.2 Å². The van der Waals surface area contributed by atoms with Gasteiger partial charge in [-0.3, -0.25) is 14.2 Å². The minimum Gasteiger partial charge on any atom is -0.496 e. The van der Waals surface area contributed by atoms with Crippen molar-refractivity contribution < 1.29 is 23.4 Å². The quantitative estimate of drug-likeness (QED) is 0.197.